The lowest BCUT2D eigenvalue weighted by Gasteiger charge is -2.56. The Morgan fingerprint density at radius 3 is 2.27 bits per heavy atom. The lowest BCUT2D eigenvalue weighted by Crippen LogP contribution is -2.48. The molecular weight excluding hydrogens is 348 g/mol. The first-order valence-electron chi connectivity index (χ1n) is 9.97. The molecule has 26 heavy (non-hydrogen) atoms. The summed E-state index contributed by atoms with van der Waals surface area (Å²) in [5.74, 6) is 2.87. The molecule has 0 atom stereocenters. The first kappa shape index (κ1) is 16.7. The number of nitrogens with one attached hydrogen (secondary N) is 2. The van der Waals surface area contributed by atoms with Gasteiger partial charge in [-0.1, -0.05) is 11.3 Å². The number of hydrogen-bond acceptors (Lipinski definition) is 5. The Bertz CT molecular complexity index is 692. The third kappa shape index (κ3) is 3.38. The molecule has 1 aromatic heterocycles. The number of carbonyl (C=O) groups is 2. The Kier molecular flexibility index (Phi) is 4.03. The molecule has 6 nitrogen and oxygen atoms in total. The fourth-order valence-corrected chi connectivity index (χ4v) is 6.96. The summed E-state index contributed by atoms with van der Waals surface area (Å²) >= 11 is 1.44. The monoisotopic (exact) mass is 374 g/mol. The van der Waals surface area contributed by atoms with Crippen molar-refractivity contribution < 1.29 is 9.59 Å². The summed E-state index contributed by atoms with van der Waals surface area (Å²) in [6.07, 6.45) is 10.7. The normalized spacial score (nSPS) is 34.7. The Morgan fingerprint density at radius 1 is 1.00 bits per heavy atom. The van der Waals surface area contributed by atoms with Crippen LogP contribution in [0.4, 0.5) is 5.13 Å². The van der Waals surface area contributed by atoms with Crippen molar-refractivity contribution in [3.05, 3.63) is 5.01 Å². The van der Waals surface area contributed by atoms with Crippen LogP contribution in [-0.4, -0.2) is 28.6 Å². The average molecular weight is 375 g/mol. The topological polar surface area (TPSA) is 84.0 Å². The highest BCUT2D eigenvalue weighted by Crippen LogP contribution is 2.61. The molecule has 0 spiro atoms. The SMILES string of the molecule is O=C(CC12CC3CC(CC(C3)C1)C2)NCC(=O)Nc1nnc(C2CC2)s1. The van der Waals surface area contributed by atoms with Gasteiger partial charge in [-0.05, 0) is 74.5 Å². The minimum absolute atomic E-state index is 0.0174. The highest BCUT2D eigenvalue weighted by molar-refractivity contribution is 7.15. The van der Waals surface area contributed by atoms with Gasteiger partial charge in [-0.2, -0.15) is 0 Å². The second-order valence-electron chi connectivity index (χ2n) is 9.14. The van der Waals surface area contributed by atoms with Crippen LogP contribution in [0.2, 0.25) is 0 Å². The lowest BCUT2D eigenvalue weighted by molar-refractivity contribution is -0.131. The Morgan fingerprint density at radius 2 is 1.65 bits per heavy atom. The van der Waals surface area contributed by atoms with Crippen LogP contribution in [0.1, 0.15) is 68.7 Å². The van der Waals surface area contributed by atoms with Crippen LogP contribution in [0.5, 0.6) is 0 Å². The van der Waals surface area contributed by atoms with Gasteiger partial charge in [0.1, 0.15) is 5.01 Å². The fourth-order valence-electron chi connectivity index (χ4n) is 6.03. The van der Waals surface area contributed by atoms with Crippen LogP contribution >= 0.6 is 11.3 Å². The highest BCUT2D eigenvalue weighted by atomic mass is 32.1. The summed E-state index contributed by atoms with van der Waals surface area (Å²) < 4.78 is 0. The number of carbonyl (C=O) groups excluding carboxylic acids is 2. The van der Waals surface area contributed by atoms with Gasteiger partial charge in [0.25, 0.3) is 0 Å². The third-order valence-corrected chi connectivity index (χ3v) is 7.76. The average Bonchev–Trinajstić information content (AvgIpc) is 3.31. The second-order valence-corrected chi connectivity index (χ2v) is 10.1. The van der Waals surface area contributed by atoms with Crippen LogP contribution < -0.4 is 10.6 Å². The molecule has 7 heteroatoms. The van der Waals surface area contributed by atoms with Gasteiger partial charge in [-0.15, -0.1) is 10.2 Å². The van der Waals surface area contributed by atoms with Crippen LogP contribution in [0.25, 0.3) is 0 Å². The van der Waals surface area contributed by atoms with Gasteiger partial charge in [0.15, 0.2) is 0 Å². The molecule has 5 fully saturated rings. The molecule has 1 aromatic rings. The van der Waals surface area contributed by atoms with E-state index in [1.54, 1.807) is 0 Å². The van der Waals surface area contributed by atoms with E-state index in [2.05, 4.69) is 20.8 Å². The zero-order valence-corrected chi connectivity index (χ0v) is 15.8. The number of aromatic nitrogens is 2. The van der Waals surface area contributed by atoms with E-state index >= 15 is 0 Å². The van der Waals surface area contributed by atoms with Crippen molar-refractivity contribution in [2.45, 2.75) is 63.7 Å². The number of rotatable bonds is 6. The van der Waals surface area contributed by atoms with E-state index in [0.717, 1.165) is 22.8 Å². The summed E-state index contributed by atoms with van der Waals surface area (Å²) in [7, 11) is 0. The van der Waals surface area contributed by atoms with Gasteiger partial charge in [0, 0.05) is 12.3 Å². The zero-order chi connectivity index (χ0) is 17.7. The molecule has 2 amide bonds. The van der Waals surface area contributed by atoms with E-state index in [-0.39, 0.29) is 23.8 Å². The lowest BCUT2D eigenvalue weighted by atomic mass is 9.49. The van der Waals surface area contributed by atoms with Crippen LogP contribution in [-0.2, 0) is 9.59 Å². The molecule has 2 N–H and O–H groups in total. The van der Waals surface area contributed by atoms with Crippen molar-refractivity contribution in [2.24, 2.45) is 23.2 Å². The van der Waals surface area contributed by atoms with Crippen molar-refractivity contribution in [3.8, 4) is 0 Å². The first-order valence-corrected chi connectivity index (χ1v) is 10.8. The zero-order valence-electron chi connectivity index (χ0n) is 15.0. The highest BCUT2D eigenvalue weighted by Gasteiger charge is 2.51. The van der Waals surface area contributed by atoms with Gasteiger partial charge < -0.3 is 5.32 Å². The smallest absolute Gasteiger partial charge is 0.245 e. The maximum atomic E-state index is 12.5. The summed E-state index contributed by atoms with van der Waals surface area (Å²) in [5.41, 5.74) is 0.216. The molecule has 0 saturated heterocycles. The molecule has 5 aliphatic carbocycles. The Labute approximate surface area is 157 Å². The van der Waals surface area contributed by atoms with Gasteiger partial charge in [-0.25, -0.2) is 0 Å². The van der Waals surface area contributed by atoms with Crippen molar-refractivity contribution in [2.75, 3.05) is 11.9 Å². The number of anilines is 1. The predicted octanol–water partition coefficient (Wildman–Crippen LogP) is 3.08. The quantitative estimate of drug-likeness (QED) is 0.801. The van der Waals surface area contributed by atoms with Gasteiger partial charge >= 0.3 is 0 Å². The Hall–Kier alpha value is -1.50. The second kappa shape index (κ2) is 6.29. The van der Waals surface area contributed by atoms with Crippen molar-refractivity contribution in [1.29, 1.82) is 0 Å². The number of nitrogens with zero attached hydrogens (tertiary/aromatic N) is 2. The molecule has 0 aromatic carbocycles. The van der Waals surface area contributed by atoms with E-state index in [4.69, 9.17) is 0 Å². The summed E-state index contributed by atoms with van der Waals surface area (Å²) in [6.45, 7) is 0.0174. The van der Waals surface area contributed by atoms with E-state index < -0.39 is 0 Å². The van der Waals surface area contributed by atoms with E-state index in [1.165, 1.54) is 62.7 Å². The molecule has 0 unspecified atom stereocenters. The van der Waals surface area contributed by atoms with Gasteiger partial charge in [0.2, 0.25) is 16.9 Å². The van der Waals surface area contributed by atoms with Crippen molar-refractivity contribution in [3.63, 3.8) is 0 Å². The number of amides is 2. The molecule has 1 heterocycles. The van der Waals surface area contributed by atoms with Crippen molar-refractivity contribution >= 4 is 28.3 Å². The Balaban J connectivity index is 1.11. The minimum atomic E-state index is -0.220. The minimum Gasteiger partial charge on any atom is -0.347 e. The van der Waals surface area contributed by atoms with Gasteiger partial charge in [0.05, 0.1) is 6.54 Å². The maximum absolute atomic E-state index is 12.5. The van der Waals surface area contributed by atoms with Crippen molar-refractivity contribution in [1.82, 2.24) is 15.5 Å². The molecule has 0 aliphatic heterocycles. The van der Waals surface area contributed by atoms with Gasteiger partial charge in [-0.3, -0.25) is 14.9 Å². The molecule has 0 radical (unpaired) electrons. The molecular formula is C19H26N4O2S. The standard InChI is InChI=1S/C19H26N4O2S/c24-15(9-19-6-11-3-12(7-19)5-13(4-11)8-19)20-10-16(25)21-18-23-22-17(26-18)14-1-2-14/h11-14H,1-10H2,(H,20,24)(H,21,23,25). The molecule has 6 rings (SSSR count). The van der Waals surface area contributed by atoms with E-state index in [0.29, 0.717) is 17.5 Å². The van der Waals surface area contributed by atoms with E-state index in [9.17, 15) is 9.59 Å². The first-order chi connectivity index (χ1) is 12.6. The van der Waals surface area contributed by atoms with Crippen LogP contribution in [0.15, 0.2) is 0 Å². The summed E-state index contributed by atoms with van der Waals surface area (Å²) in [6, 6.07) is 0. The molecule has 5 saturated carbocycles. The largest absolute Gasteiger partial charge is 0.347 e. The summed E-state index contributed by atoms with van der Waals surface area (Å²) in [5, 5.41) is 15.2. The predicted molar refractivity (Wildman–Crippen MR) is 98.7 cm³/mol. The third-order valence-electron chi connectivity index (χ3n) is 6.76. The van der Waals surface area contributed by atoms with Crippen LogP contribution in [0, 0.1) is 23.2 Å². The molecule has 140 valence electrons. The fraction of sp³-hybridized carbons (Fsp3) is 0.789. The summed E-state index contributed by atoms with van der Waals surface area (Å²) in [4.78, 5) is 24.6. The molecule has 5 aliphatic rings. The number of hydrogen-bond donors (Lipinski definition) is 2. The van der Waals surface area contributed by atoms with E-state index in [1.807, 2.05) is 0 Å². The van der Waals surface area contributed by atoms with Crippen LogP contribution in [0.3, 0.4) is 0 Å². The maximum Gasteiger partial charge on any atom is 0.245 e. The molecule has 4 bridgehead atoms.